The van der Waals surface area contributed by atoms with Gasteiger partial charge in [-0.2, -0.15) is 0 Å². The number of imidazole rings is 1. The summed E-state index contributed by atoms with van der Waals surface area (Å²) in [6, 6.07) is 11.7. The highest BCUT2D eigenvalue weighted by Crippen LogP contribution is 2.23. The first-order valence-corrected chi connectivity index (χ1v) is 7.48. The lowest BCUT2D eigenvalue weighted by molar-refractivity contribution is 0.317. The summed E-state index contributed by atoms with van der Waals surface area (Å²) in [6.45, 7) is 2.81. The predicted octanol–water partition coefficient (Wildman–Crippen LogP) is 3.95. The van der Waals surface area contributed by atoms with Crippen LogP contribution in [0.1, 0.15) is 19.2 Å². The molecule has 0 amide bonds. The molecule has 2 aromatic heterocycles. The molecule has 0 aliphatic rings. The molecule has 0 spiro atoms. The van der Waals surface area contributed by atoms with Crippen LogP contribution in [0.15, 0.2) is 42.6 Å². The molecule has 108 valence electrons. The molecule has 0 aliphatic carbocycles. The lowest BCUT2D eigenvalue weighted by Gasteiger charge is -2.09. The first kappa shape index (κ1) is 13.9. The van der Waals surface area contributed by atoms with Gasteiger partial charge in [0.2, 0.25) is 0 Å². The number of rotatable bonds is 5. The van der Waals surface area contributed by atoms with Gasteiger partial charge >= 0.3 is 0 Å². The van der Waals surface area contributed by atoms with E-state index in [4.69, 9.17) is 16.3 Å². The van der Waals surface area contributed by atoms with Crippen molar-refractivity contribution >= 4 is 22.8 Å². The molecule has 0 saturated heterocycles. The van der Waals surface area contributed by atoms with Crippen LogP contribution in [0.25, 0.3) is 16.9 Å². The summed E-state index contributed by atoms with van der Waals surface area (Å²) >= 11 is 6.02. The molecule has 0 radical (unpaired) electrons. The van der Waals surface area contributed by atoms with Gasteiger partial charge in [0.25, 0.3) is 0 Å². The fourth-order valence-electron chi connectivity index (χ4n) is 2.23. The summed E-state index contributed by atoms with van der Waals surface area (Å²) in [4.78, 5) is 8.93. The van der Waals surface area contributed by atoms with Crippen LogP contribution in [-0.2, 0) is 5.88 Å². The maximum Gasteiger partial charge on any atom is 0.164 e. The molecule has 0 aliphatic heterocycles. The summed E-state index contributed by atoms with van der Waals surface area (Å²) in [5.41, 5.74) is 2.64. The van der Waals surface area contributed by atoms with Gasteiger partial charge in [-0.05, 0) is 42.8 Å². The number of benzene rings is 1. The van der Waals surface area contributed by atoms with Crippen LogP contribution >= 0.6 is 11.6 Å². The highest BCUT2D eigenvalue weighted by molar-refractivity contribution is 6.16. The highest BCUT2D eigenvalue weighted by Gasteiger charge is 2.12. The number of halogens is 1. The minimum atomic E-state index is 0.338. The van der Waals surface area contributed by atoms with Crippen LogP contribution in [0, 0.1) is 0 Å². The Morgan fingerprint density at radius 1 is 1.19 bits per heavy atom. The van der Waals surface area contributed by atoms with Crippen LogP contribution in [0.5, 0.6) is 5.75 Å². The maximum atomic E-state index is 6.02. The molecule has 0 saturated carbocycles. The third-order valence-corrected chi connectivity index (χ3v) is 3.41. The number of ether oxygens (including phenoxy) is 1. The van der Waals surface area contributed by atoms with E-state index in [2.05, 4.69) is 16.9 Å². The molecule has 3 aromatic rings. The number of fused-ring (bicyclic) bond motifs is 1. The monoisotopic (exact) mass is 301 g/mol. The van der Waals surface area contributed by atoms with Crippen LogP contribution in [0.4, 0.5) is 0 Å². The van der Waals surface area contributed by atoms with Gasteiger partial charge < -0.3 is 4.74 Å². The van der Waals surface area contributed by atoms with Crippen LogP contribution in [-0.4, -0.2) is 21.1 Å². The average molecular weight is 302 g/mol. The number of nitrogens with zero attached hydrogens (tertiary/aromatic N) is 3. The van der Waals surface area contributed by atoms with E-state index in [0.717, 1.165) is 41.5 Å². The van der Waals surface area contributed by atoms with E-state index in [0.29, 0.717) is 5.88 Å². The Morgan fingerprint density at radius 2 is 2.00 bits per heavy atom. The zero-order chi connectivity index (χ0) is 14.7. The van der Waals surface area contributed by atoms with Gasteiger partial charge in [-0.1, -0.05) is 6.92 Å². The molecular formula is C16H16ClN3O. The highest BCUT2D eigenvalue weighted by atomic mass is 35.5. The molecular weight excluding hydrogens is 286 g/mol. The zero-order valence-electron chi connectivity index (χ0n) is 11.8. The molecule has 0 fully saturated rings. The number of aromatic nitrogens is 3. The van der Waals surface area contributed by atoms with Crippen molar-refractivity contribution in [1.82, 2.24) is 14.5 Å². The fraction of sp³-hybridized carbons (Fsp3) is 0.250. The van der Waals surface area contributed by atoms with E-state index >= 15 is 0 Å². The van der Waals surface area contributed by atoms with E-state index in [9.17, 15) is 0 Å². The molecule has 3 rings (SSSR count). The van der Waals surface area contributed by atoms with Gasteiger partial charge in [0, 0.05) is 11.9 Å². The second kappa shape index (κ2) is 6.14. The Labute approximate surface area is 128 Å². The zero-order valence-corrected chi connectivity index (χ0v) is 12.5. The van der Waals surface area contributed by atoms with Crippen molar-refractivity contribution < 1.29 is 4.74 Å². The predicted molar refractivity (Wildman–Crippen MR) is 84.2 cm³/mol. The van der Waals surface area contributed by atoms with Gasteiger partial charge in [-0.25, -0.2) is 9.97 Å². The molecule has 0 atom stereocenters. The van der Waals surface area contributed by atoms with Crippen molar-refractivity contribution in [3.05, 3.63) is 48.4 Å². The average Bonchev–Trinajstić information content (AvgIpc) is 2.92. The lowest BCUT2D eigenvalue weighted by Crippen LogP contribution is -2.01. The van der Waals surface area contributed by atoms with Crippen molar-refractivity contribution in [1.29, 1.82) is 0 Å². The number of alkyl halides is 1. The first-order valence-electron chi connectivity index (χ1n) is 6.95. The van der Waals surface area contributed by atoms with E-state index < -0.39 is 0 Å². The lowest BCUT2D eigenvalue weighted by atomic mass is 10.3. The summed E-state index contributed by atoms with van der Waals surface area (Å²) in [6.07, 6.45) is 2.76. The fourth-order valence-corrected chi connectivity index (χ4v) is 2.41. The first-order chi connectivity index (χ1) is 10.3. The maximum absolute atomic E-state index is 6.02. The van der Waals surface area contributed by atoms with Gasteiger partial charge in [-0.15, -0.1) is 11.6 Å². The van der Waals surface area contributed by atoms with E-state index in [1.54, 1.807) is 6.20 Å². The topological polar surface area (TPSA) is 39.9 Å². The normalized spacial score (nSPS) is 11.0. The van der Waals surface area contributed by atoms with Crippen LogP contribution < -0.4 is 4.74 Å². The van der Waals surface area contributed by atoms with Gasteiger partial charge in [0.15, 0.2) is 5.65 Å². The quantitative estimate of drug-likeness (QED) is 0.670. The molecule has 0 N–H and O–H groups in total. The molecule has 0 unspecified atom stereocenters. The van der Waals surface area contributed by atoms with Crippen LogP contribution in [0.3, 0.4) is 0 Å². The summed E-state index contributed by atoms with van der Waals surface area (Å²) in [7, 11) is 0. The van der Waals surface area contributed by atoms with Gasteiger partial charge in [-0.3, -0.25) is 4.57 Å². The van der Waals surface area contributed by atoms with Crippen molar-refractivity contribution in [2.24, 2.45) is 0 Å². The Hall–Kier alpha value is -2.07. The summed E-state index contributed by atoms with van der Waals surface area (Å²) in [5.74, 6) is 1.99. The number of hydrogen-bond donors (Lipinski definition) is 0. The number of pyridine rings is 1. The molecule has 4 nitrogen and oxygen atoms in total. The minimum absolute atomic E-state index is 0.338. The Bertz CT molecular complexity index is 737. The molecule has 5 heteroatoms. The third-order valence-electron chi connectivity index (χ3n) is 3.17. The van der Waals surface area contributed by atoms with E-state index in [1.165, 1.54) is 0 Å². The van der Waals surface area contributed by atoms with Crippen molar-refractivity contribution in [3.8, 4) is 11.4 Å². The van der Waals surface area contributed by atoms with Crippen molar-refractivity contribution in [2.75, 3.05) is 6.61 Å². The standard InChI is InChI=1S/C16H16ClN3O/c1-2-10-21-13-7-5-12(6-8-13)20-15(11-17)19-14-4-3-9-18-16(14)20/h3-9H,2,10-11H2,1H3. The molecule has 2 heterocycles. The smallest absolute Gasteiger partial charge is 0.164 e. The van der Waals surface area contributed by atoms with E-state index in [1.807, 2.05) is 41.0 Å². The SMILES string of the molecule is CCCOc1ccc(-n2c(CCl)nc3cccnc32)cc1. The second-order valence-electron chi connectivity index (χ2n) is 4.69. The van der Waals surface area contributed by atoms with Crippen molar-refractivity contribution in [2.45, 2.75) is 19.2 Å². The summed E-state index contributed by atoms with van der Waals surface area (Å²) < 4.78 is 7.58. The minimum Gasteiger partial charge on any atom is -0.494 e. The largest absolute Gasteiger partial charge is 0.494 e. The van der Waals surface area contributed by atoms with Crippen LogP contribution in [0.2, 0.25) is 0 Å². The van der Waals surface area contributed by atoms with E-state index in [-0.39, 0.29) is 0 Å². The molecule has 1 aromatic carbocycles. The Kier molecular flexibility index (Phi) is 4.06. The second-order valence-corrected chi connectivity index (χ2v) is 4.95. The van der Waals surface area contributed by atoms with Gasteiger partial charge in [0.1, 0.15) is 17.1 Å². The number of hydrogen-bond acceptors (Lipinski definition) is 3. The van der Waals surface area contributed by atoms with Crippen molar-refractivity contribution in [3.63, 3.8) is 0 Å². The third kappa shape index (κ3) is 2.72. The van der Waals surface area contributed by atoms with Gasteiger partial charge in [0.05, 0.1) is 12.5 Å². The molecule has 0 bridgehead atoms. The summed E-state index contributed by atoms with van der Waals surface area (Å²) in [5, 5.41) is 0. The Morgan fingerprint density at radius 3 is 2.71 bits per heavy atom. The Balaban J connectivity index is 2.03. The molecule has 21 heavy (non-hydrogen) atoms.